The lowest BCUT2D eigenvalue weighted by Crippen LogP contribution is -2.45. The van der Waals surface area contributed by atoms with Gasteiger partial charge in [-0.15, -0.1) is 0 Å². The second-order valence-electron chi connectivity index (χ2n) is 5.84. The molecule has 116 valence electrons. The monoisotopic (exact) mass is 290 g/mol. The van der Waals surface area contributed by atoms with Gasteiger partial charge in [0.1, 0.15) is 0 Å². The zero-order chi connectivity index (χ0) is 15.1. The molecule has 2 N–H and O–H groups in total. The van der Waals surface area contributed by atoms with Gasteiger partial charge in [-0.05, 0) is 37.7 Å². The van der Waals surface area contributed by atoms with Crippen LogP contribution in [0.15, 0.2) is 30.3 Å². The average molecular weight is 290 g/mol. The van der Waals surface area contributed by atoms with Gasteiger partial charge in [0.15, 0.2) is 0 Å². The molecule has 1 amide bonds. The summed E-state index contributed by atoms with van der Waals surface area (Å²) in [5.41, 5.74) is 7.26. The van der Waals surface area contributed by atoms with Crippen LogP contribution in [-0.2, 0) is 16.0 Å². The largest absolute Gasteiger partial charge is 0.376 e. The number of benzene rings is 1. The molecule has 1 fully saturated rings. The second-order valence-corrected chi connectivity index (χ2v) is 5.84. The van der Waals surface area contributed by atoms with Crippen LogP contribution in [0.3, 0.4) is 0 Å². The first kappa shape index (κ1) is 16.0. The van der Waals surface area contributed by atoms with Crippen molar-refractivity contribution in [3.63, 3.8) is 0 Å². The first-order chi connectivity index (χ1) is 10.2. The maximum Gasteiger partial charge on any atom is 0.239 e. The fraction of sp³-hybridized carbons (Fsp3) is 0.588. The van der Waals surface area contributed by atoms with Gasteiger partial charge in [-0.3, -0.25) is 4.79 Å². The van der Waals surface area contributed by atoms with Crippen LogP contribution in [-0.4, -0.2) is 43.2 Å². The standard InChI is InChI=1S/C17H26N2O2/c1-19(13-15-9-5-6-12-21-15)17(20)16(18)11-10-14-7-3-2-4-8-14/h2-4,7-8,15-16H,5-6,9-13,18H2,1H3/t15?,16-/m0/s1. The molecule has 0 spiro atoms. The molecule has 2 atom stereocenters. The number of carbonyl (C=O) groups is 1. The summed E-state index contributed by atoms with van der Waals surface area (Å²) in [5, 5.41) is 0. The molecule has 1 aliphatic rings. The lowest BCUT2D eigenvalue weighted by atomic mass is 10.0. The van der Waals surface area contributed by atoms with Gasteiger partial charge in [-0.2, -0.15) is 0 Å². The summed E-state index contributed by atoms with van der Waals surface area (Å²) in [7, 11) is 1.82. The Balaban J connectivity index is 1.75. The van der Waals surface area contributed by atoms with Gasteiger partial charge in [0.2, 0.25) is 5.91 Å². The van der Waals surface area contributed by atoms with Crippen molar-refractivity contribution < 1.29 is 9.53 Å². The molecule has 1 aromatic rings. The van der Waals surface area contributed by atoms with E-state index in [0.717, 1.165) is 25.9 Å². The molecule has 0 radical (unpaired) electrons. The summed E-state index contributed by atoms with van der Waals surface area (Å²) in [6.07, 6.45) is 5.04. The topological polar surface area (TPSA) is 55.6 Å². The zero-order valence-corrected chi connectivity index (χ0v) is 12.8. The summed E-state index contributed by atoms with van der Waals surface area (Å²) in [5.74, 6) is 0.0140. The third-order valence-corrected chi connectivity index (χ3v) is 4.03. The van der Waals surface area contributed by atoms with E-state index in [4.69, 9.17) is 10.5 Å². The molecule has 21 heavy (non-hydrogen) atoms. The number of likely N-dealkylation sites (N-methyl/N-ethyl adjacent to an activating group) is 1. The van der Waals surface area contributed by atoms with Crippen molar-refractivity contribution >= 4 is 5.91 Å². The lowest BCUT2D eigenvalue weighted by molar-refractivity contribution is -0.133. The summed E-state index contributed by atoms with van der Waals surface area (Å²) in [4.78, 5) is 14.0. The van der Waals surface area contributed by atoms with Crippen molar-refractivity contribution in [1.29, 1.82) is 0 Å². The average Bonchev–Trinajstić information content (AvgIpc) is 2.53. The van der Waals surface area contributed by atoms with E-state index in [1.807, 2.05) is 25.2 Å². The number of nitrogens with zero attached hydrogens (tertiary/aromatic N) is 1. The molecular weight excluding hydrogens is 264 g/mol. The van der Waals surface area contributed by atoms with Crippen LogP contribution in [0.5, 0.6) is 0 Å². The number of hydrogen-bond donors (Lipinski definition) is 1. The minimum atomic E-state index is -0.432. The van der Waals surface area contributed by atoms with Crippen molar-refractivity contribution in [2.24, 2.45) is 5.73 Å². The van der Waals surface area contributed by atoms with Gasteiger partial charge in [-0.1, -0.05) is 30.3 Å². The van der Waals surface area contributed by atoms with E-state index in [1.54, 1.807) is 4.90 Å². The Bertz CT molecular complexity index is 430. The van der Waals surface area contributed by atoms with E-state index in [0.29, 0.717) is 13.0 Å². The summed E-state index contributed by atoms with van der Waals surface area (Å²) < 4.78 is 5.67. The molecule has 0 aromatic heterocycles. The number of amides is 1. The Kier molecular flexibility index (Phi) is 6.21. The highest BCUT2D eigenvalue weighted by Gasteiger charge is 2.22. The number of carbonyl (C=O) groups excluding carboxylic acids is 1. The Hall–Kier alpha value is -1.39. The van der Waals surface area contributed by atoms with E-state index in [-0.39, 0.29) is 12.0 Å². The second kappa shape index (κ2) is 8.15. The maximum atomic E-state index is 12.3. The van der Waals surface area contributed by atoms with Gasteiger partial charge in [0.25, 0.3) is 0 Å². The Morgan fingerprint density at radius 3 is 2.81 bits per heavy atom. The summed E-state index contributed by atoms with van der Waals surface area (Å²) in [6, 6.07) is 9.71. The first-order valence-electron chi connectivity index (χ1n) is 7.83. The van der Waals surface area contributed by atoms with Crippen LogP contribution in [0, 0.1) is 0 Å². The maximum absolute atomic E-state index is 12.3. The molecule has 4 heteroatoms. The minimum absolute atomic E-state index is 0.0140. The predicted molar refractivity (Wildman–Crippen MR) is 84.0 cm³/mol. The van der Waals surface area contributed by atoms with Gasteiger partial charge in [0.05, 0.1) is 12.1 Å². The van der Waals surface area contributed by atoms with E-state index in [9.17, 15) is 4.79 Å². The van der Waals surface area contributed by atoms with Crippen LogP contribution in [0.2, 0.25) is 0 Å². The fourth-order valence-corrected chi connectivity index (χ4v) is 2.72. The molecule has 0 saturated carbocycles. The SMILES string of the molecule is CN(CC1CCCCO1)C(=O)[C@@H](N)CCc1ccccc1. The molecule has 0 aliphatic carbocycles. The van der Waals surface area contributed by atoms with Crippen LogP contribution < -0.4 is 5.73 Å². The third-order valence-electron chi connectivity index (χ3n) is 4.03. The Labute approximate surface area is 127 Å². The third kappa shape index (κ3) is 5.14. The van der Waals surface area contributed by atoms with Crippen molar-refractivity contribution in [3.8, 4) is 0 Å². The molecule has 0 bridgehead atoms. The normalized spacial score (nSPS) is 20.0. The van der Waals surface area contributed by atoms with Crippen LogP contribution >= 0.6 is 0 Å². The molecule has 1 aromatic carbocycles. The molecule has 1 unspecified atom stereocenters. The van der Waals surface area contributed by atoms with Crippen LogP contribution in [0.1, 0.15) is 31.2 Å². The molecule has 4 nitrogen and oxygen atoms in total. The highest BCUT2D eigenvalue weighted by molar-refractivity contribution is 5.81. The van der Waals surface area contributed by atoms with Crippen LogP contribution in [0.4, 0.5) is 0 Å². The van der Waals surface area contributed by atoms with E-state index >= 15 is 0 Å². The minimum Gasteiger partial charge on any atom is -0.376 e. The highest BCUT2D eigenvalue weighted by atomic mass is 16.5. The van der Waals surface area contributed by atoms with E-state index in [2.05, 4.69) is 12.1 Å². The zero-order valence-electron chi connectivity index (χ0n) is 12.8. The van der Waals surface area contributed by atoms with Crippen molar-refractivity contribution in [2.75, 3.05) is 20.2 Å². The van der Waals surface area contributed by atoms with Gasteiger partial charge in [-0.25, -0.2) is 0 Å². The van der Waals surface area contributed by atoms with E-state index < -0.39 is 6.04 Å². The number of nitrogens with two attached hydrogens (primary N) is 1. The lowest BCUT2D eigenvalue weighted by Gasteiger charge is -2.28. The molecule has 1 heterocycles. The molecule has 2 rings (SSSR count). The van der Waals surface area contributed by atoms with Crippen LogP contribution in [0.25, 0.3) is 0 Å². The fourth-order valence-electron chi connectivity index (χ4n) is 2.72. The van der Waals surface area contributed by atoms with Gasteiger partial charge < -0.3 is 15.4 Å². The number of hydrogen-bond acceptors (Lipinski definition) is 3. The first-order valence-corrected chi connectivity index (χ1v) is 7.83. The van der Waals surface area contributed by atoms with Gasteiger partial charge >= 0.3 is 0 Å². The van der Waals surface area contributed by atoms with Crippen molar-refractivity contribution in [3.05, 3.63) is 35.9 Å². The number of rotatable bonds is 6. The molecule has 1 saturated heterocycles. The summed E-state index contributed by atoms with van der Waals surface area (Å²) in [6.45, 7) is 1.46. The predicted octanol–water partition coefficient (Wildman–Crippen LogP) is 1.97. The Morgan fingerprint density at radius 1 is 1.38 bits per heavy atom. The number of ether oxygens (including phenoxy) is 1. The van der Waals surface area contributed by atoms with Gasteiger partial charge in [0, 0.05) is 20.2 Å². The van der Waals surface area contributed by atoms with E-state index in [1.165, 1.54) is 12.0 Å². The molecular formula is C17H26N2O2. The smallest absolute Gasteiger partial charge is 0.239 e. The quantitative estimate of drug-likeness (QED) is 0.871. The van der Waals surface area contributed by atoms with Crippen molar-refractivity contribution in [2.45, 2.75) is 44.2 Å². The molecule has 1 aliphatic heterocycles. The number of aryl methyl sites for hydroxylation is 1. The highest BCUT2D eigenvalue weighted by Crippen LogP contribution is 2.14. The van der Waals surface area contributed by atoms with Crippen molar-refractivity contribution in [1.82, 2.24) is 4.90 Å². The summed E-state index contributed by atoms with van der Waals surface area (Å²) >= 11 is 0. The Morgan fingerprint density at radius 2 is 2.14 bits per heavy atom.